The van der Waals surface area contributed by atoms with Crippen molar-refractivity contribution in [3.63, 3.8) is 0 Å². The Hall–Kier alpha value is -2.53. The number of ether oxygens (including phenoxy) is 1. The van der Waals surface area contributed by atoms with E-state index in [-0.39, 0.29) is 17.9 Å². The van der Waals surface area contributed by atoms with Gasteiger partial charge in [0.05, 0.1) is 23.3 Å². The second-order valence-electron chi connectivity index (χ2n) is 6.66. The molecule has 2 aromatic carbocycles. The van der Waals surface area contributed by atoms with Crippen LogP contribution in [0.4, 0.5) is 5.69 Å². The lowest BCUT2D eigenvalue weighted by molar-refractivity contribution is 0.0926. The monoisotopic (exact) mass is 386 g/mol. The van der Waals surface area contributed by atoms with E-state index in [1.54, 1.807) is 42.5 Å². The number of halogens is 1. The summed E-state index contributed by atoms with van der Waals surface area (Å²) < 4.78 is 5.22. The topological polar surface area (TPSA) is 67.4 Å². The lowest BCUT2D eigenvalue weighted by Gasteiger charge is -2.23. The zero-order valence-corrected chi connectivity index (χ0v) is 16.0. The molecule has 2 N–H and O–H groups in total. The van der Waals surface area contributed by atoms with Crippen LogP contribution in [-0.2, 0) is 0 Å². The first-order valence-corrected chi connectivity index (χ1v) is 9.51. The molecule has 1 saturated carbocycles. The van der Waals surface area contributed by atoms with E-state index in [1.165, 1.54) is 13.5 Å². The number of carbonyl (C=O) groups excluding carboxylic acids is 2. The number of anilines is 1. The van der Waals surface area contributed by atoms with E-state index in [2.05, 4.69) is 10.6 Å². The maximum absolute atomic E-state index is 12.6. The Labute approximate surface area is 164 Å². The number of rotatable bonds is 5. The number of benzene rings is 2. The Morgan fingerprint density at radius 3 is 2.48 bits per heavy atom. The molecule has 0 heterocycles. The van der Waals surface area contributed by atoms with Gasteiger partial charge in [-0.3, -0.25) is 9.59 Å². The molecule has 142 valence electrons. The first-order valence-electron chi connectivity index (χ1n) is 9.13. The third-order valence-electron chi connectivity index (χ3n) is 4.76. The maximum Gasteiger partial charge on any atom is 0.259 e. The van der Waals surface area contributed by atoms with Crippen LogP contribution in [-0.4, -0.2) is 25.0 Å². The third-order valence-corrected chi connectivity index (χ3v) is 5.09. The Bertz CT molecular complexity index is 832. The largest absolute Gasteiger partial charge is 0.496 e. The molecular weight excluding hydrogens is 364 g/mol. The van der Waals surface area contributed by atoms with Crippen LogP contribution in [0.2, 0.25) is 5.02 Å². The van der Waals surface area contributed by atoms with Crippen molar-refractivity contribution in [3.8, 4) is 5.75 Å². The van der Waals surface area contributed by atoms with E-state index in [4.69, 9.17) is 16.3 Å². The van der Waals surface area contributed by atoms with Gasteiger partial charge in [0.1, 0.15) is 5.75 Å². The van der Waals surface area contributed by atoms with Gasteiger partial charge in [-0.15, -0.1) is 0 Å². The number of hydrogen-bond donors (Lipinski definition) is 2. The average Bonchev–Trinajstić information content (AvgIpc) is 2.70. The molecular formula is C21H23ClN2O3. The van der Waals surface area contributed by atoms with Crippen molar-refractivity contribution >= 4 is 29.1 Å². The number of hydrogen-bond acceptors (Lipinski definition) is 3. The van der Waals surface area contributed by atoms with Gasteiger partial charge in [-0.25, -0.2) is 0 Å². The predicted molar refractivity (Wildman–Crippen MR) is 107 cm³/mol. The summed E-state index contributed by atoms with van der Waals surface area (Å²) in [6.07, 6.45) is 5.47. The summed E-state index contributed by atoms with van der Waals surface area (Å²) in [4.78, 5) is 25.2. The fourth-order valence-corrected chi connectivity index (χ4v) is 3.52. The highest BCUT2D eigenvalue weighted by Gasteiger charge is 2.19. The summed E-state index contributed by atoms with van der Waals surface area (Å²) >= 11 is 6.22. The fraction of sp³-hybridized carbons (Fsp3) is 0.333. The van der Waals surface area contributed by atoms with Crippen LogP contribution >= 0.6 is 11.6 Å². The second-order valence-corrected chi connectivity index (χ2v) is 7.06. The smallest absolute Gasteiger partial charge is 0.259 e. The van der Waals surface area contributed by atoms with E-state index in [0.717, 1.165) is 25.7 Å². The Morgan fingerprint density at radius 1 is 1.00 bits per heavy atom. The highest BCUT2D eigenvalue weighted by Crippen LogP contribution is 2.24. The van der Waals surface area contributed by atoms with Crippen LogP contribution in [0.15, 0.2) is 42.5 Å². The Balaban J connectivity index is 1.74. The molecule has 1 aliphatic carbocycles. The second kappa shape index (κ2) is 8.91. The third kappa shape index (κ3) is 4.80. The van der Waals surface area contributed by atoms with E-state index in [0.29, 0.717) is 27.6 Å². The first-order chi connectivity index (χ1) is 13.1. The molecule has 0 aromatic heterocycles. The van der Waals surface area contributed by atoms with E-state index < -0.39 is 0 Å². The molecule has 0 spiro atoms. The summed E-state index contributed by atoms with van der Waals surface area (Å²) in [5, 5.41) is 6.21. The molecule has 0 radical (unpaired) electrons. The van der Waals surface area contributed by atoms with E-state index in [1.807, 2.05) is 0 Å². The minimum absolute atomic E-state index is 0.189. The minimum Gasteiger partial charge on any atom is -0.496 e. The quantitative estimate of drug-likeness (QED) is 0.785. The SMILES string of the molecule is COc1ccccc1C(=O)Nc1ccc(Cl)c(C(=O)NC2CCCCC2)c1. The summed E-state index contributed by atoms with van der Waals surface area (Å²) in [7, 11) is 1.52. The van der Waals surface area contributed by atoms with Crippen LogP contribution in [0.25, 0.3) is 0 Å². The maximum atomic E-state index is 12.6. The van der Waals surface area contributed by atoms with Crippen molar-refractivity contribution in [3.05, 3.63) is 58.6 Å². The molecule has 2 aromatic rings. The van der Waals surface area contributed by atoms with Crippen molar-refractivity contribution in [2.45, 2.75) is 38.1 Å². The minimum atomic E-state index is -0.312. The molecule has 0 bridgehead atoms. The molecule has 1 fully saturated rings. The number of amides is 2. The lowest BCUT2D eigenvalue weighted by atomic mass is 9.95. The highest BCUT2D eigenvalue weighted by molar-refractivity contribution is 6.34. The number of para-hydroxylation sites is 1. The molecule has 0 unspecified atom stereocenters. The van der Waals surface area contributed by atoms with Gasteiger partial charge in [-0.2, -0.15) is 0 Å². The van der Waals surface area contributed by atoms with Gasteiger partial charge < -0.3 is 15.4 Å². The normalized spacial score (nSPS) is 14.4. The van der Waals surface area contributed by atoms with Crippen LogP contribution in [0.5, 0.6) is 5.75 Å². The molecule has 27 heavy (non-hydrogen) atoms. The summed E-state index contributed by atoms with van der Waals surface area (Å²) in [6.45, 7) is 0. The van der Waals surface area contributed by atoms with Crippen molar-refractivity contribution in [2.24, 2.45) is 0 Å². The Kier molecular flexibility index (Phi) is 6.35. The number of methoxy groups -OCH3 is 1. The average molecular weight is 387 g/mol. The number of carbonyl (C=O) groups is 2. The first kappa shape index (κ1) is 19.2. The van der Waals surface area contributed by atoms with E-state index >= 15 is 0 Å². The van der Waals surface area contributed by atoms with Crippen LogP contribution in [0.3, 0.4) is 0 Å². The molecule has 0 saturated heterocycles. The van der Waals surface area contributed by atoms with Crippen LogP contribution < -0.4 is 15.4 Å². The van der Waals surface area contributed by atoms with Crippen LogP contribution in [0.1, 0.15) is 52.8 Å². The molecule has 2 amide bonds. The van der Waals surface area contributed by atoms with Crippen molar-refractivity contribution in [2.75, 3.05) is 12.4 Å². The van der Waals surface area contributed by atoms with Crippen LogP contribution in [0, 0.1) is 0 Å². The van der Waals surface area contributed by atoms with Gasteiger partial charge in [0, 0.05) is 11.7 Å². The van der Waals surface area contributed by atoms with Gasteiger partial charge in [0.25, 0.3) is 11.8 Å². The molecule has 0 atom stereocenters. The molecule has 6 heteroatoms. The zero-order valence-electron chi connectivity index (χ0n) is 15.3. The van der Waals surface area contributed by atoms with Gasteiger partial charge in [0.15, 0.2) is 0 Å². The standard InChI is InChI=1S/C21H23ClN2O3/c1-27-19-10-6-5-9-16(19)20(25)24-15-11-12-18(22)17(13-15)21(26)23-14-7-3-2-4-8-14/h5-6,9-14H,2-4,7-8H2,1H3,(H,23,26)(H,24,25). The van der Waals surface area contributed by atoms with Crippen molar-refractivity contribution < 1.29 is 14.3 Å². The van der Waals surface area contributed by atoms with E-state index in [9.17, 15) is 9.59 Å². The van der Waals surface area contributed by atoms with Gasteiger partial charge in [-0.05, 0) is 43.2 Å². The molecule has 3 rings (SSSR count). The van der Waals surface area contributed by atoms with Gasteiger partial charge in [-0.1, -0.05) is 43.0 Å². The lowest BCUT2D eigenvalue weighted by Crippen LogP contribution is -2.36. The highest BCUT2D eigenvalue weighted by atomic mass is 35.5. The summed E-state index contributed by atoms with van der Waals surface area (Å²) in [5.74, 6) is -0.0343. The predicted octanol–water partition coefficient (Wildman–Crippen LogP) is 4.66. The summed E-state index contributed by atoms with van der Waals surface area (Å²) in [6, 6.07) is 12.1. The molecule has 5 nitrogen and oxygen atoms in total. The summed E-state index contributed by atoms with van der Waals surface area (Å²) in [5.41, 5.74) is 1.28. The van der Waals surface area contributed by atoms with Crippen molar-refractivity contribution in [1.29, 1.82) is 0 Å². The zero-order chi connectivity index (χ0) is 19.2. The number of nitrogens with one attached hydrogen (secondary N) is 2. The molecule has 0 aliphatic heterocycles. The fourth-order valence-electron chi connectivity index (χ4n) is 3.32. The van der Waals surface area contributed by atoms with Gasteiger partial charge >= 0.3 is 0 Å². The van der Waals surface area contributed by atoms with Crippen molar-refractivity contribution in [1.82, 2.24) is 5.32 Å². The van der Waals surface area contributed by atoms with Gasteiger partial charge in [0.2, 0.25) is 0 Å². The Morgan fingerprint density at radius 2 is 1.74 bits per heavy atom. The molecule has 1 aliphatic rings.